The third kappa shape index (κ3) is 4.28. The van der Waals surface area contributed by atoms with Gasteiger partial charge in [0.1, 0.15) is 17.2 Å². The van der Waals surface area contributed by atoms with Gasteiger partial charge in [-0.25, -0.2) is 4.98 Å². The van der Waals surface area contributed by atoms with Gasteiger partial charge in [0, 0.05) is 34.9 Å². The van der Waals surface area contributed by atoms with E-state index in [1.165, 1.54) is 10.8 Å². The molecule has 0 saturated heterocycles. The van der Waals surface area contributed by atoms with E-state index in [1.807, 2.05) is 44.2 Å². The van der Waals surface area contributed by atoms with E-state index in [-0.39, 0.29) is 5.91 Å². The minimum atomic E-state index is -0.249. The summed E-state index contributed by atoms with van der Waals surface area (Å²) in [6, 6.07) is 24.0. The second-order valence-corrected chi connectivity index (χ2v) is 8.02. The Balaban J connectivity index is 1.56. The van der Waals surface area contributed by atoms with Crippen LogP contribution >= 0.6 is 0 Å². The zero-order chi connectivity index (χ0) is 23.5. The molecule has 0 radical (unpaired) electrons. The SMILES string of the molecule is CCOc1cc2occ(-c3ccc4ccccc4c3)c2cc1/C(C)=C/C(=O)Nc1ccccn1. The third-order valence-corrected chi connectivity index (χ3v) is 5.72. The van der Waals surface area contributed by atoms with Crippen LogP contribution in [0.15, 0.2) is 95.7 Å². The van der Waals surface area contributed by atoms with Crippen LogP contribution in [0.2, 0.25) is 0 Å². The zero-order valence-corrected chi connectivity index (χ0v) is 19.0. The molecule has 0 aliphatic heterocycles. The maximum atomic E-state index is 12.6. The second kappa shape index (κ2) is 9.24. The number of rotatable bonds is 6. The molecular weight excluding hydrogens is 424 g/mol. The maximum absolute atomic E-state index is 12.6. The molecule has 3 aromatic carbocycles. The molecular formula is C29H24N2O3. The Morgan fingerprint density at radius 2 is 1.85 bits per heavy atom. The van der Waals surface area contributed by atoms with Crippen molar-refractivity contribution in [3.8, 4) is 16.9 Å². The van der Waals surface area contributed by atoms with E-state index < -0.39 is 0 Å². The first-order chi connectivity index (χ1) is 16.6. The lowest BCUT2D eigenvalue weighted by Crippen LogP contribution is -2.09. The molecule has 0 aliphatic carbocycles. The fourth-order valence-electron chi connectivity index (χ4n) is 4.09. The van der Waals surface area contributed by atoms with Crippen molar-refractivity contribution in [1.29, 1.82) is 0 Å². The molecule has 168 valence electrons. The van der Waals surface area contributed by atoms with E-state index in [2.05, 4.69) is 40.6 Å². The first-order valence-electron chi connectivity index (χ1n) is 11.2. The van der Waals surface area contributed by atoms with Gasteiger partial charge in [-0.2, -0.15) is 0 Å². The number of pyridine rings is 1. The predicted molar refractivity (Wildman–Crippen MR) is 137 cm³/mol. The highest BCUT2D eigenvalue weighted by Gasteiger charge is 2.16. The summed E-state index contributed by atoms with van der Waals surface area (Å²) in [5.74, 6) is 0.931. The largest absolute Gasteiger partial charge is 0.493 e. The molecule has 5 rings (SSSR count). The van der Waals surface area contributed by atoms with Gasteiger partial charge in [0.2, 0.25) is 5.91 Å². The van der Waals surface area contributed by atoms with Crippen LogP contribution in [-0.2, 0) is 4.79 Å². The number of allylic oxidation sites excluding steroid dienone is 1. The van der Waals surface area contributed by atoms with Crippen molar-refractivity contribution in [2.24, 2.45) is 0 Å². The molecule has 0 fully saturated rings. The summed E-state index contributed by atoms with van der Waals surface area (Å²) < 4.78 is 11.8. The van der Waals surface area contributed by atoms with E-state index in [4.69, 9.17) is 9.15 Å². The van der Waals surface area contributed by atoms with Crippen LogP contribution in [0.4, 0.5) is 5.82 Å². The molecule has 0 saturated carbocycles. The number of nitrogens with one attached hydrogen (secondary N) is 1. The second-order valence-electron chi connectivity index (χ2n) is 8.02. The number of hydrogen-bond donors (Lipinski definition) is 1. The zero-order valence-electron chi connectivity index (χ0n) is 19.0. The molecule has 0 aliphatic rings. The van der Waals surface area contributed by atoms with Crippen LogP contribution in [0.25, 0.3) is 38.4 Å². The third-order valence-electron chi connectivity index (χ3n) is 5.72. The molecule has 1 amide bonds. The van der Waals surface area contributed by atoms with Gasteiger partial charge < -0.3 is 14.5 Å². The van der Waals surface area contributed by atoms with Crippen molar-refractivity contribution in [2.75, 3.05) is 11.9 Å². The minimum absolute atomic E-state index is 0.249. The highest BCUT2D eigenvalue weighted by Crippen LogP contribution is 2.38. The fraction of sp³-hybridized carbons (Fsp3) is 0.103. The molecule has 0 spiro atoms. The summed E-state index contributed by atoms with van der Waals surface area (Å²) in [5, 5.41) is 6.12. The summed E-state index contributed by atoms with van der Waals surface area (Å²) in [7, 11) is 0. The number of anilines is 1. The molecule has 34 heavy (non-hydrogen) atoms. The summed E-state index contributed by atoms with van der Waals surface area (Å²) >= 11 is 0. The Labute approximate surface area is 197 Å². The molecule has 5 aromatic rings. The van der Waals surface area contributed by atoms with Gasteiger partial charge in [-0.3, -0.25) is 4.79 Å². The summed E-state index contributed by atoms with van der Waals surface area (Å²) in [5.41, 5.74) is 4.43. The number of nitrogens with zero attached hydrogens (tertiary/aromatic N) is 1. The molecule has 2 aromatic heterocycles. The molecule has 0 unspecified atom stereocenters. The van der Waals surface area contributed by atoms with E-state index in [1.54, 1.807) is 30.7 Å². The van der Waals surface area contributed by atoms with E-state index in [0.717, 1.165) is 33.2 Å². The Kier molecular flexibility index (Phi) is 5.83. The lowest BCUT2D eigenvalue weighted by molar-refractivity contribution is -0.111. The van der Waals surface area contributed by atoms with Crippen LogP contribution in [0.5, 0.6) is 5.75 Å². The van der Waals surface area contributed by atoms with Crippen LogP contribution < -0.4 is 10.1 Å². The van der Waals surface area contributed by atoms with Crippen molar-refractivity contribution < 1.29 is 13.9 Å². The average molecular weight is 449 g/mol. The molecule has 1 N–H and O–H groups in total. The van der Waals surface area contributed by atoms with Crippen molar-refractivity contribution >= 4 is 39.0 Å². The van der Waals surface area contributed by atoms with Crippen molar-refractivity contribution in [3.05, 3.63) is 96.9 Å². The number of amides is 1. The lowest BCUT2D eigenvalue weighted by Gasteiger charge is -2.12. The fourth-order valence-corrected chi connectivity index (χ4v) is 4.09. The Bertz CT molecular complexity index is 1520. The van der Waals surface area contributed by atoms with Gasteiger partial charge in [0.05, 0.1) is 12.9 Å². The van der Waals surface area contributed by atoms with Gasteiger partial charge in [0.15, 0.2) is 0 Å². The maximum Gasteiger partial charge on any atom is 0.249 e. The molecule has 2 heterocycles. The molecule has 5 nitrogen and oxygen atoms in total. The number of ether oxygens (including phenoxy) is 1. The summed E-state index contributed by atoms with van der Waals surface area (Å²) in [4.78, 5) is 16.8. The predicted octanol–water partition coefficient (Wildman–Crippen LogP) is 7.09. The van der Waals surface area contributed by atoms with E-state index in [9.17, 15) is 4.79 Å². The number of hydrogen-bond acceptors (Lipinski definition) is 4. The quantitative estimate of drug-likeness (QED) is 0.282. The topological polar surface area (TPSA) is 64.4 Å². The van der Waals surface area contributed by atoms with Crippen LogP contribution in [0.3, 0.4) is 0 Å². The number of carbonyl (C=O) groups excluding carboxylic acids is 1. The van der Waals surface area contributed by atoms with Crippen LogP contribution in [0.1, 0.15) is 19.4 Å². The van der Waals surface area contributed by atoms with Gasteiger partial charge in [-0.15, -0.1) is 0 Å². The smallest absolute Gasteiger partial charge is 0.249 e. The van der Waals surface area contributed by atoms with Crippen molar-refractivity contribution in [1.82, 2.24) is 4.98 Å². The first kappa shape index (κ1) is 21.5. The van der Waals surface area contributed by atoms with E-state index in [0.29, 0.717) is 18.2 Å². The Hall–Kier alpha value is -4.38. The number of aromatic nitrogens is 1. The average Bonchev–Trinajstić information content (AvgIpc) is 3.27. The monoisotopic (exact) mass is 448 g/mol. The number of carbonyl (C=O) groups is 1. The Morgan fingerprint density at radius 3 is 2.65 bits per heavy atom. The summed E-state index contributed by atoms with van der Waals surface area (Å²) in [6.45, 7) is 4.34. The van der Waals surface area contributed by atoms with Crippen molar-refractivity contribution in [2.45, 2.75) is 13.8 Å². The standard InChI is InChI=1S/C29H24N2O3/c1-3-33-26-17-27-24(16-23(26)19(2)14-29(32)31-28-10-6-7-13-30-28)25(18-34-27)22-12-11-20-8-4-5-9-21(20)15-22/h4-18H,3H2,1-2H3,(H,30,31,32)/b19-14+. The van der Waals surface area contributed by atoms with Gasteiger partial charge in [-0.1, -0.05) is 42.5 Å². The number of fused-ring (bicyclic) bond motifs is 2. The van der Waals surface area contributed by atoms with Gasteiger partial charge in [0.25, 0.3) is 0 Å². The highest BCUT2D eigenvalue weighted by molar-refractivity contribution is 6.05. The number of furan rings is 1. The minimum Gasteiger partial charge on any atom is -0.493 e. The van der Waals surface area contributed by atoms with Crippen LogP contribution in [0, 0.1) is 0 Å². The number of benzene rings is 3. The molecule has 0 atom stereocenters. The van der Waals surface area contributed by atoms with Crippen molar-refractivity contribution in [3.63, 3.8) is 0 Å². The highest BCUT2D eigenvalue weighted by atomic mass is 16.5. The van der Waals surface area contributed by atoms with E-state index >= 15 is 0 Å². The lowest BCUT2D eigenvalue weighted by atomic mass is 9.97. The van der Waals surface area contributed by atoms with Crippen LogP contribution in [-0.4, -0.2) is 17.5 Å². The Morgan fingerprint density at radius 1 is 1.03 bits per heavy atom. The first-order valence-corrected chi connectivity index (χ1v) is 11.2. The van der Waals surface area contributed by atoms with Gasteiger partial charge in [-0.05, 0) is 60.0 Å². The van der Waals surface area contributed by atoms with Gasteiger partial charge >= 0.3 is 0 Å². The molecule has 0 bridgehead atoms. The normalized spacial score (nSPS) is 11.6. The molecule has 5 heteroatoms. The summed E-state index contributed by atoms with van der Waals surface area (Å²) in [6.07, 6.45) is 4.98.